The van der Waals surface area contributed by atoms with Crippen LogP contribution in [0.4, 0.5) is 5.82 Å². The largest absolute Gasteiger partial charge is 0.354 e. The molecule has 3 heterocycles. The van der Waals surface area contributed by atoms with Gasteiger partial charge in [0.2, 0.25) is 5.91 Å². The molecule has 7 nitrogen and oxygen atoms in total. The molecule has 1 N–H and O–H groups in total. The first-order chi connectivity index (χ1) is 11.6. The van der Waals surface area contributed by atoms with E-state index in [1.807, 2.05) is 23.2 Å². The number of hydrogen-bond acceptors (Lipinski definition) is 5. The number of nitrogens with zero attached hydrogens (tertiary/aromatic N) is 5. The first kappa shape index (κ1) is 16.2. The fourth-order valence-corrected chi connectivity index (χ4v) is 3.54. The van der Waals surface area contributed by atoms with E-state index in [1.165, 1.54) is 0 Å². The quantitative estimate of drug-likeness (QED) is 0.908. The highest BCUT2D eigenvalue weighted by atomic mass is 16.2. The molecule has 1 atom stereocenters. The summed E-state index contributed by atoms with van der Waals surface area (Å²) in [7, 11) is 0. The summed E-state index contributed by atoms with van der Waals surface area (Å²) in [4.78, 5) is 28.3. The zero-order valence-corrected chi connectivity index (χ0v) is 14.1. The van der Waals surface area contributed by atoms with Gasteiger partial charge in [-0.15, -0.1) is 0 Å². The van der Waals surface area contributed by atoms with Gasteiger partial charge < -0.3 is 14.8 Å². The molecule has 24 heavy (non-hydrogen) atoms. The lowest BCUT2D eigenvalue weighted by Gasteiger charge is -2.38. The molecule has 0 spiro atoms. The lowest BCUT2D eigenvalue weighted by atomic mass is 9.98. The summed E-state index contributed by atoms with van der Waals surface area (Å²) in [5.41, 5.74) is 0.539. The van der Waals surface area contributed by atoms with Crippen molar-refractivity contribution < 1.29 is 4.79 Å². The van der Waals surface area contributed by atoms with Gasteiger partial charge in [-0.05, 0) is 25.8 Å². The molecular weight excluding hydrogens is 304 g/mol. The minimum Gasteiger partial charge on any atom is -0.354 e. The van der Waals surface area contributed by atoms with E-state index in [-0.39, 0.29) is 17.9 Å². The second kappa shape index (κ2) is 6.48. The van der Waals surface area contributed by atoms with Crippen molar-refractivity contribution in [3.05, 3.63) is 18.6 Å². The Hall–Kier alpha value is -2.62. The van der Waals surface area contributed by atoms with Crippen LogP contribution < -0.4 is 4.90 Å². The van der Waals surface area contributed by atoms with E-state index in [9.17, 15) is 4.79 Å². The highest BCUT2D eigenvalue weighted by molar-refractivity contribution is 5.87. The molecule has 0 bridgehead atoms. The minimum atomic E-state index is -0.280. The van der Waals surface area contributed by atoms with Crippen LogP contribution in [0.1, 0.15) is 33.1 Å². The van der Waals surface area contributed by atoms with Gasteiger partial charge in [0.15, 0.2) is 0 Å². The van der Waals surface area contributed by atoms with Crippen molar-refractivity contribution >= 4 is 22.8 Å². The van der Waals surface area contributed by atoms with Crippen molar-refractivity contribution in [2.45, 2.75) is 38.6 Å². The molecule has 1 amide bonds. The zero-order chi connectivity index (χ0) is 17.2. The van der Waals surface area contributed by atoms with Crippen LogP contribution in [0.2, 0.25) is 0 Å². The number of rotatable bonds is 5. The Kier molecular flexibility index (Phi) is 4.38. The van der Waals surface area contributed by atoms with Crippen LogP contribution >= 0.6 is 0 Å². The first-order valence-corrected chi connectivity index (χ1v) is 8.29. The number of carbonyl (C=O) groups excluding carboxylic acids is 1. The van der Waals surface area contributed by atoms with Crippen LogP contribution in [0.15, 0.2) is 18.6 Å². The number of nitriles is 1. The summed E-state index contributed by atoms with van der Waals surface area (Å²) in [6.07, 6.45) is 5.10. The summed E-state index contributed by atoms with van der Waals surface area (Å²) >= 11 is 0. The molecule has 2 aromatic rings. The first-order valence-electron chi connectivity index (χ1n) is 8.29. The van der Waals surface area contributed by atoms with Gasteiger partial charge in [0.05, 0.1) is 17.0 Å². The molecule has 0 radical (unpaired) electrons. The predicted octanol–water partition coefficient (Wildman–Crippen LogP) is 2.08. The van der Waals surface area contributed by atoms with E-state index in [0.717, 1.165) is 36.2 Å². The van der Waals surface area contributed by atoms with Gasteiger partial charge in [0, 0.05) is 25.8 Å². The maximum Gasteiger partial charge on any atom is 0.237 e. The van der Waals surface area contributed by atoms with Gasteiger partial charge in [0.1, 0.15) is 24.2 Å². The number of H-pyrrole nitrogens is 1. The zero-order valence-electron chi connectivity index (χ0n) is 14.1. The standard InChI is InChI=1S/C17H22N6O/c1-3-9-23(14(24)4-7-18)17(2)6-10-22(11-17)16-13-5-8-19-15(13)20-12-21-16/h5,8,12H,3-4,6,9-11H2,1-2H3,(H,19,20,21). The highest BCUT2D eigenvalue weighted by Crippen LogP contribution is 2.33. The van der Waals surface area contributed by atoms with Crippen molar-refractivity contribution in [1.29, 1.82) is 5.26 Å². The van der Waals surface area contributed by atoms with E-state index < -0.39 is 0 Å². The van der Waals surface area contributed by atoms with Gasteiger partial charge in [-0.2, -0.15) is 5.26 Å². The van der Waals surface area contributed by atoms with Crippen molar-refractivity contribution in [2.75, 3.05) is 24.5 Å². The molecule has 1 saturated heterocycles. The van der Waals surface area contributed by atoms with E-state index in [0.29, 0.717) is 13.1 Å². The molecule has 0 saturated carbocycles. The third kappa shape index (κ3) is 2.80. The van der Waals surface area contributed by atoms with Crippen LogP contribution in [0.25, 0.3) is 11.0 Å². The number of nitrogens with one attached hydrogen (secondary N) is 1. The van der Waals surface area contributed by atoms with Crippen LogP contribution in [0.5, 0.6) is 0 Å². The molecular formula is C17H22N6O. The fourth-order valence-electron chi connectivity index (χ4n) is 3.54. The predicted molar refractivity (Wildman–Crippen MR) is 91.4 cm³/mol. The molecule has 1 aliphatic heterocycles. The van der Waals surface area contributed by atoms with Crippen molar-refractivity contribution in [3.8, 4) is 6.07 Å². The normalized spacial score (nSPS) is 20.3. The van der Waals surface area contributed by atoms with Gasteiger partial charge in [-0.1, -0.05) is 6.92 Å². The summed E-state index contributed by atoms with van der Waals surface area (Å²) in [6, 6.07) is 3.96. The molecule has 3 rings (SSSR count). The second-order valence-electron chi connectivity index (χ2n) is 6.49. The topological polar surface area (TPSA) is 88.9 Å². The van der Waals surface area contributed by atoms with Crippen LogP contribution in [-0.4, -0.2) is 50.9 Å². The maximum atomic E-state index is 12.4. The number of aromatic amines is 1. The Labute approximate surface area is 141 Å². The van der Waals surface area contributed by atoms with Gasteiger partial charge in [-0.3, -0.25) is 4.79 Å². The lowest BCUT2D eigenvalue weighted by molar-refractivity contribution is -0.135. The van der Waals surface area contributed by atoms with Crippen LogP contribution in [0.3, 0.4) is 0 Å². The third-order valence-corrected chi connectivity index (χ3v) is 4.71. The molecule has 7 heteroatoms. The average Bonchev–Trinajstić information content (AvgIpc) is 3.19. The summed E-state index contributed by atoms with van der Waals surface area (Å²) < 4.78 is 0. The minimum absolute atomic E-state index is 0.0643. The molecule has 1 aliphatic rings. The number of hydrogen-bond donors (Lipinski definition) is 1. The van der Waals surface area contributed by atoms with E-state index in [1.54, 1.807) is 6.33 Å². The Morgan fingerprint density at radius 2 is 2.38 bits per heavy atom. The number of fused-ring (bicyclic) bond motifs is 1. The Morgan fingerprint density at radius 1 is 1.54 bits per heavy atom. The maximum absolute atomic E-state index is 12.4. The van der Waals surface area contributed by atoms with Crippen molar-refractivity contribution in [1.82, 2.24) is 19.9 Å². The molecule has 126 valence electrons. The smallest absolute Gasteiger partial charge is 0.237 e. The monoisotopic (exact) mass is 326 g/mol. The Morgan fingerprint density at radius 3 is 3.12 bits per heavy atom. The summed E-state index contributed by atoms with van der Waals surface area (Å²) in [5, 5.41) is 9.87. The number of carbonyl (C=O) groups is 1. The highest BCUT2D eigenvalue weighted by Gasteiger charge is 2.41. The van der Waals surface area contributed by atoms with Gasteiger partial charge in [-0.25, -0.2) is 9.97 Å². The number of amides is 1. The molecule has 0 aromatic carbocycles. The third-order valence-electron chi connectivity index (χ3n) is 4.71. The van der Waals surface area contributed by atoms with Crippen molar-refractivity contribution in [2.24, 2.45) is 0 Å². The number of anilines is 1. The average molecular weight is 326 g/mol. The SMILES string of the molecule is CCCN(C(=O)CC#N)C1(C)CCN(c2ncnc3[nH]ccc23)C1. The van der Waals surface area contributed by atoms with E-state index >= 15 is 0 Å². The molecule has 0 aliphatic carbocycles. The van der Waals surface area contributed by atoms with E-state index in [2.05, 4.69) is 33.7 Å². The van der Waals surface area contributed by atoms with Gasteiger partial charge >= 0.3 is 0 Å². The van der Waals surface area contributed by atoms with Gasteiger partial charge in [0.25, 0.3) is 0 Å². The second-order valence-corrected chi connectivity index (χ2v) is 6.49. The fraction of sp³-hybridized carbons (Fsp3) is 0.529. The Balaban J connectivity index is 1.86. The van der Waals surface area contributed by atoms with Crippen LogP contribution in [0, 0.1) is 11.3 Å². The molecule has 2 aromatic heterocycles. The molecule has 1 fully saturated rings. The summed E-state index contributed by atoms with van der Waals surface area (Å²) in [6.45, 7) is 6.37. The lowest BCUT2D eigenvalue weighted by Crippen LogP contribution is -2.51. The van der Waals surface area contributed by atoms with Crippen molar-refractivity contribution in [3.63, 3.8) is 0 Å². The molecule has 1 unspecified atom stereocenters. The number of aromatic nitrogens is 3. The van der Waals surface area contributed by atoms with Crippen LogP contribution in [-0.2, 0) is 4.79 Å². The van der Waals surface area contributed by atoms with E-state index in [4.69, 9.17) is 5.26 Å². The Bertz CT molecular complexity index is 779. The summed E-state index contributed by atoms with van der Waals surface area (Å²) in [5.74, 6) is 0.812.